The van der Waals surface area contributed by atoms with E-state index in [1.165, 1.54) is 19.1 Å². The molecule has 0 spiro atoms. The number of amides is 1. The summed E-state index contributed by atoms with van der Waals surface area (Å²) in [4.78, 5) is 23.6. The van der Waals surface area contributed by atoms with Gasteiger partial charge in [0.05, 0.1) is 4.90 Å². The monoisotopic (exact) mass is 354 g/mol. The van der Waals surface area contributed by atoms with Gasteiger partial charge in [-0.1, -0.05) is 31.0 Å². The van der Waals surface area contributed by atoms with Gasteiger partial charge in [0.25, 0.3) is 5.91 Å². The second-order valence-corrected chi connectivity index (χ2v) is 7.53. The SMILES string of the molecule is C[C@H](NS(=O)(=O)c1ccccc1)C(=O)OCC(=O)NC1CCCC1. The van der Waals surface area contributed by atoms with Gasteiger partial charge in [0.15, 0.2) is 6.61 Å². The summed E-state index contributed by atoms with van der Waals surface area (Å²) in [5.41, 5.74) is 0. The fraction of sp³-hybridized carbons (Fsp3) is 0.500. The first kappa shape index (κ1) is 18.4. The molecule has 0 radical (unpaired) electrons. The Morgan fingerprint density at radius 1 is 1.21 bits per heavy atom. The molecule has 24 heavy (non-hydrogen) atoms. The Hall–Kier alpha value is -1.93. The van der Waals surface area contributed by atoms with E-state index < -0.39 is 28.6 Å². The maximum atomic E-state index is 12.1. The first-order valence-electron chi connectivity index (χ1n) is 7.92. The van der Waals surface area contributed by atoms with Crippen LogP contribution in [0.3, 0.4) is 0 Å². The molecule has 0 aromatic heterocycles. The molecule has 1 amide bonds. The Morgan fingerprint density at radius 3 is 2.46 bits per heavy atom. The van der Waals surface area contributed by atoms with E-state index >= 15 is 0 Å². The van der Waals surface area contributed by atoms with Crippen LogP contribution in [0.1, 0.15) is 32.6 Å². The van der Waals surface area contributed by atoms with E-state index in [2.05, 4.69) is 10.0 Å². The number of esters is 1. The summed E-state index contributed by atoms with van der Waals surface area (Å²) in [5.74, 6) is -1.16. The van der Waals surface area contributed by atoms with Crippen LogP contribution in [0.25, 0.3) is 0 Å². The Balaban J connectivity index is 1.80. The molecule has 1 aliphatic rings. The quantitative estimate of drug-likeness (QED) is 0.710. The number of carbonyl (C=O) groups is 2. The highest BCUT2D eigenvalue weighted by Gasteiger charge is 2.24. The van der Waals surface area contributed by atoms with Crippen molar-refractivity contribution in [3.05, 3.63) is 30.3 Å². The zero-order valence-corrected chi connectivity index (χ0v) is 14.3. The van der Waals surface area contributed by atoms with Crippen LogP contribution in [-0.2, 0) is 24.3 Å². The number of hydrogen-bond donors (Lipinski definition) is 2. The van der Waals surface area contributed by atoms with Crippen molar-refractivity contribution in [2.75, 3.05) is 6.61 Å². The lowest BCUT2D eigenvalue weighted by molar-refractivity contribution is -0.149. The van der Waals surface area contributed by atoms with Gasteiger partial charge in [-0.15, -0.1) is 0 Å². The van der Waals surface area contributed by atoms with E-state index in [9.17, 15) is 18.0 Å². The summed E-state index contributed by atoms with van der Waals surface area (Å²) < 4.78 is 31.3. The molecule has 1 aromatic carbocycles. The van der Waals surface area contributed by atoms with E-state index in [1.807, 2.05) is 0 Å². The topological polar surface area (TPSA) is 102 Å². The fourth-order valence-electron chi connectivity index (χ4n) is 2.55. The molecule has 8 heteroatoms. The molecule has 0 unspecified atom stereocenters. The van der Waals surface area contributed by atoms with Gasteiger partial charge in [-0.25, -0.2) is 8.42 Å². The first-order chi connectivity index (χ1) is 11.4. The Morgan fingerprint density at radius 2 is 1.83 bits per heavy atom. The number of benzene rings is 1. The van der Waals surface area contributed by atoms with Crippen molar-refractivity contribution in [2.24, 2.45) is 0 Å². The van der Waals surface area contributed by atoms with E-state index in [0.717, 1.165) is 25.7 Å². The molecule has 0 bridgehead atoms. The average Bonchev–Trinajstić information content (AvgIpc) is 3.06. The van der Waals surface area contributed by atoms with Crippen molar-refractivity contribution < 1.29 is 22.7 Å². The molecule has 1 fully saturated rings. The highest BCUT2D eigenvalue weighted by Crippen LogP contribution is 2.17. The zero-order valence-electron chi connectivity index (χ0n) is 13.5. The summed E-state index contributed by atoms with van der Waals surface area (Å²) in [7, 11) is -3.81. The van der Waals surface area contributed by atoms with Gasteiger partial charge in [-0.05, 0) is 31.9 Å². The lowest BCUT2D eigenvalue weighted by atomic mass is 10.2. The molecule has 0 saturated heterocycles. The van der Waals surface area contributed by atoms with Crippen LogP contribution in [0.2, 0.25) is 0 Å². The van der Waals surface area contributed by atoms with Crippen LogP contribution in [0, 0.1) is 0 Å². The number of hydrogen-bond acceptors (Lipinski definition) is 5. The van der Waals surface area contributed by atoms with Crippen LogP contribution in [0.4, 0.5) is 0 Å². The molecule has 2 N–H and O–H groups in total. The minimum atomic E-state index is -3.81. The van der Waals surface area contributed by atoms with Gasteiger partial charge in [-0.2, -0.15) is 4.72 Å². The highest BCUT2D eigenvalue weighted by molar-refractivity contribution is 7.89. The third kappa shape index (κ3) is 5.31. The molecule has 0 heterocycles. The number of nitrogens with one attached hydrogen (secondary N) is 2. The highest BCUT2D eigenvalue weighted by atomic mass is 32.2. The Bertz CT molecular complexity index is 669. The second kappa shape index (κ2) is 8.25. The minimum Gasteiger partial charge on any atom is -0.454 e. The third-order valence-electron chi connectivity index (χ3n) is 3.80. The lowest BCUT2D eigenvalue weighted by Crippen LogP contribution is -2.41. The number of carbonyl (C=O) groups excluding carboxylic acids is 2. The third-order valence-corrected chi connectivity index (χ3v) is 5.36. The van der Waals surface area contributed by atoms with E-state index in [1.54, 1.807) is 18.2 Å². The van der Waals surface area contributed by atoms with Crippen LogP contribution < -0.4 is 10.0 Å². The molecule has 7 nitrogen and oxygen atoms in total. The van der Waals surface area contributed by atoms with Crippen molar-refractivity contribution in [3.63, 3.8) is 0 Å². The summed E-state index contributed by atoms with van der Waals surface area (Å²) in [6.07, 6.45) is 4.05. The summed E-state index contributed by atoms with van der Waals surface area (Å²) in [6.45, 7) is 0.963. The van der Waals surface area contributed by atoms with E-state index in [4.69, 9.17) is 4.74 Å². The van der Waals surface area contributed by atoms with Gasteiger partial charge < -0.3 is 10.1 Å². The van der Waals surface area contributed by atoms with Gasteiger partial charge in [0, 0.05) is 6.04 Å². The molecule has 1 aliphatic carbocycles. The molecule has 0 aliphatic heterocycles. The molecule has 132 valence electrons. The fourth-order valence-corrected chi connectivity index (χ4v) is 3.76. The standard InChI is InChI=1S/C16H22N2O5S/c1-12(18-24(21,22)14-9-3-2-4-10-14)16(20)23-11-15(19)17-13-7-5-6-8-13/h2-4,9-10,12-13,18H,5-8,11H2,1H3,(H,17,19)/t12-/m0/s1. The number of sulfonamides is 1. The van der Waals surface area contributed by atoms with Gasteiger partial charge in [0.1, 0.15) is 6.04 Å². The Kier molecular flexibility index (Phi) is 6.33. The number of rotatable bonds is 7. The van der Waals surface area contributed by atoms with Crippen LogP contribution in [-0.4, -0.2) is 39.0 Å². The summed E-state index contributed by atoms with van der Waals surface area (Å²) >= 11 is 0. The molecule has 1 aromatic rings. The zero-order chi connectivity index (χ0) is 17.6. The van der Waals surface area contributed by atoms with Crippen LogP contribution in [0.15, 0.2) is 35.2 Å². The van der Waals surface area contributed by atoms with Crippen LogP contribution in [0.5, 0.6) is 0 Å². The summed E-state index contributed by atoms with van der Waals surface area (Å²) in [6, 6.07) is 6.78. The minimum absolute atomic E-state index is 0.0589. The molecular weight excluding hydrogens is 332 g/mol. The largest absolute Gasteiger partial charge is 0.454 e. The Labute approximate surface area is 141 Å². The van der Waals surface area contributed by atoms with Crippen LogP contribution >= 0.6 is 0 Å². The van der Waals surface area contributed by atoms with Gasteiger partial charge in [-0.3, -0.25) is 9.59 Å². The maximum absolute atomic E-state index is 12.1. The van der Waals surface area contributed by atoms with Gasteiger partial charge in [0.2, 0.25) is 10.0 Å². The molecule has 2 rings (SSSR count). The normalized spacial score (nSPS) is 16.5. The average molecular weight is 354 g/mol. The second-order valence-electron chi connectivity index (χ2n) is 5.81. The number of ether oxygens (including phenoxy) is 1. The summed E-state index contributed by atoms with van der Waals surface area (Å²) in [5, 5.41) is 2.79. The van der Waals surface area contributed by atoms with Crippen molar-refractivity contribution in [1.29, 1.82) is 0 Å². The van der Waals surface area contributed by atoms with Crippen molar-refractivity contribution in [2.45, 2.75) is 49.6 Å². The molecule has 1 saturated carbocycles. The maximum Gasteiger partial charge on any atom is 0.324 e. The predicted molar refractivity (Wildman–Crippen MR) is 87.6 cm³/mol. The first-order valence-corrected chi connectivity index (χ1v) is 9.40. The molecular formula is C16H22N2O5S. The van der Waals surface area contributed by atoms with E-state index in [0.29, 0.717) is 0 Å². The van der Waals surface area contributed by atoms with E-state index in [-0.39, 0.29) is 16.8 Å². The lowest BCUT2D eigenvalue weighted by Gasteiger charge is -2.15. The van der Waals surface area contributed by atoms with Crippen molar-refractivity contribution in [1.82, 2.24) is 10.0 Å². The smallest absolute Gasteiger partial charge is 0.324 e. The van der Waals surface area contributed by atoms with Crippen molar-refractivity contribution >= 4 is 21.9 Å². The van der Waals surface area contributed by atoms with Crippen molar-refractivity contribution in [3.8, 4) is 0 Å². The predicted octanol–water partition coefficient (Wildman–Crippen LogP) is 0.955. The molecule has 1 atom stereocenters. The van der Waals surface area contributed by atoms with Gasteiger partial charge >= 0.3 is 5.97 Å².